The predicted molar refractivity (Wildman–Crippen MR) is 74.3 cm³/mol. The Morgan fingerprint density at radius 1 is 1.22 bits per heavy atom. The smallest absolute Gasteiger partial charge is 0.118 e. The molecule has 1 atom stereocenters. The predicted octanol–water partition coefficient (Wildman–Crippen LogP) is 3.92. The van der Waals surface area contributed by atoms with E-state index in [4.69, 9.17) is 16.3 Å². The van der Waals surface area contributed by atoms with E-state index in [1.165, 1.54) is 5.56 Å². The number of hydrogen-bond donors (Lipinski definition) is 0. The van der Waals surface area contributed by atoms with Crippen molar-refractivity contribution in [2.45, 2.75) is 18.7 Å². The summed E-state index contributed by atoms with van der Waals surface area (Å²) in [5.74, 6) is 0.844. The molecule has 3 heteroatoms. The number of aryl methyl sites for hydroxylation is 1. The Kier molecular flexibility index (Phi) is 4.21. The Morgan fingerprint density at radius 3 is 2.56 bits per heavy atom. The molecule has 18 heavy (non-hydrogen) atoms. The highest BCUT2D eigenvalue weighted by Gasteiger charge is 2.11. The number of ether oxygens (including phenoxy) is 1. The van der Waals surface area contributed by atoms with E-state index in [9.17, 15) is 0 Å². The number of nitrogens with zero attached hydrogens (tertiary/aromatic N) is 1. The van der Waals surface area contributed by atoms with Gasteiger partial charge in [0, 0.05) is 18.3 Å². The summed E-state index contributed by atoms with van der Waals surface area (Å²) in [5.41, 5.74) is 3.31. The van der Waals surface area contributed by atoms with Gasteiger partial charge in [0.2, 0.25) is 0 Å². The number of halogens is 1. The normalized spacial score (nSPS) is 12.2. The molecule has 94 valence electrons. The van der Waals surface area contributed by atoms with Gasteiger partial charge >= 0.3 is 0 Å². The molecule has 0 aliphatic carbocycles. The number of hydrogen-bond acceptors (Lipinski definition) is 2. The first kappa shape index (κ1) is 12.9. The number of rotatable bonds is 4. The largest absolute Gasteiger partial charge is 0.497 e. The number of methoxy groups -OCH3 is 1. The van der Waals surface area contributed by atoms with Crippen LogP contribution in [0.25, 0.3) is 0 Å². The average molecular weight is 262 g/mol. The lowest BCUT2D eigenvalue weighted by atomic mass is 10.0. The average Bonchev–Trinajstić information content (AvgIpc) is 2.41. The van der Waals surface area contributed by atoms with Crippen LogP contribution in [-0.2, 0) is 6.42 Å². The quantitative estimate of drug-likeness (QED) is 0.779. The summed E-state index contributed by atoms with van der Waals surface area (Å²) < 4.78 is 5.13. The van der Waals surface area contributed by atoms with Crippen LogP contribution in [0.5, 0.6) is 5.75 Å². The van der Waals surface area contributed by atoms with Crippen molar-refractivity contribution < 1.29 is 4.74 Å². The molecule has 0 spiro atoms. The lowest BCUT2D eigenvalue weighted by Gasteiger charge is -2.11. The molecule has 0 amide bonds. The van der Waals surface area contributed by atoms with E-state index in [2.05, 4.69) is 18.0 Å². The van der Waals surface area contributed by atoms with Gasteiger partial charge in [-0.15, -0.1) is 11.6 Å². The van der Waals surface area contributed by atoms with Gasteiger partial charge in [0.1, 0.15) is 5.75 Å². The minimum absolute atomic E-state index is 0.0653. The van der Waals surface area contributed by atoms with Gasteiger partial charge in [0.15, 0.2) is 0 Å². The maximum absolute atomic E-state index is 6.43. The zero-order valence-corrected chi connectivity index (χ0v) is 11.3. The number of alkyl halides is 1. The van der Waals surface area contributed by atoms with Gasteiger partial charge in [-0.2, -0.15) is 0 Å². The molecule has 0 fully saturated rings. The monoisotopic (exact) mass is 261 g/mol. The molecule has 0 radical (unpaired) electrons. The third-order valence-corrected chi connectivity index (χ3v) is 3.37. The molecule has 0 saturated carbocycles. The third-order valence-electron chi connectivity index (χ3n) is 2.97. The van der Waals surface area contributed by atoms with Gasteiger partial charge < -0.3 is 4.74 Å². The highest BCUT2D eigenvalue weighted by Crippen LogP contribution is 2.26. The van der Waals surface area contributed by atoms with E-state index in [1.807, 2.05) is 30.3 Å². The molecule has 1 aromatic carbocycles. The third kappa shape index (κ3) is 3.02. The van der Waals surface area contributed by atoms with Gasteiger partial charge in [-0.05, 0) is 36.2 Å². The van der Waals surface area contributed by atoms with E-state index >= 15 is 0 Å². The number of aromatic nitrogens is 1. The van der Waals surface area contributed by atoms with Crippen LogP contribution in [-0.4, -0.2) is 12.1 Å². The molecule has 1 aromatic heterocycles. The van der Waals surface area contributed by atoms with Gasteiger partial charge in [-0.1, -0.05) is 18.2 Å². The molecule has 0 aliphatic rings. The van der Waals surface area contributed by atoms with E-state index in [0.717, 1.165) is 23.4 Å². The van der Waals surface area contributed by atoms with Crippen LogP contribution in [0.3, 0.4) is 0 Å². The zero-order valence-electron chi connectivity index (χ0n) is 10.6. The van der Waals surface area contributed by atoms with Crippen LogP contribution in [0.4, 0.5) is 0 Å². The molecule has 2 rings (SSSR count). The van der Waals surface area contributed by atoms with Gasteiger partial charge in [0.25, 0.3) is 0 Å². The zero-order chi connectivity index (χ0) is 13.0. The number of benzene rings is 1. The maximum atomic E-state index is 6.43. The second kappa shape index (κ2) is 5.87. The Hall–Kier alpha value is -1.54. The van der Waals surface area contributed by atoms with Crippen molar-refractivity contribution in [1.29, 1.82) is 0 Å². The standard InChI is InChI=1S/C15H16ClNO/c1-11-4-3-9-17-15(11)10-14(16)12-5-7-13(18-2)8-6-12/h3-9,14H,10H2,1-2H3. The van der Waals surface area contributed by atoms with Crippen LogP contribution >= 0.6 is 11.6 Å². The molecule has 0 saturated heterocycles. The van der Waals surface area contributed by atoms with E-state index < -0.39 is 0 Å². The first-order valence-corrected chi connectivity index (χ1v) is 6.33. The van der Waals surface area contributed by atoms with Crippen molar-refractivity contribution in [3.05, 3.63) is 59.4 Å². The van der Waals surface area contributed by atoms with Gasteiger partial charge in [-0.3, -0.25) is 4.98 Å². The summed E-state index contributed by atoms with van der Waals surface area (Å²) in [6, 6.07) is 11.8. The van der Waals surface area contributed by atoms with Crippen molar-refractivity contribution >= 4 is 11.6 Å². The van der Waals surface area contributed by atoms with Crippen molar-refractivity contribution in [2.75, 3.05) is 7.11 Å². The van der Waals surface area contributed by atoms with E-state index in [0.29, 0.717) is 0 Å². The topological polar surface area (TPSA) is 22.1 Å². The lowest BCUT2D eigenvalue weighted by Crippen LogP contribution is -2.00. The van der Waals surface area contributed by atoms with Crippen molar-refractivity contribution in [3.63, 3.8) is 0 Å². The lowest BCUT2D eigenvalue weighted by molar-refractivity contribution is 0.414. The van der Waals surface area contributed by atoms with E-state index in [-0.39, 0.29) is 5.38 Å². The molecule has 2 aromatic rings. The van der Waals surface area contributed by atoms with Crippen LogP contribution in [0, 0.1) is 6.92 Å². The highest BCUT2D eigenvalue weighted by atomic mass is 35.5. The first-order chi connectivity index (χ1) is 8.70. The molecule has 1 heterocycles. The summed E-state index contributed by atoms with van der Waals surface area (Å²) in [6.45, 7) is 2.06. The Bertz CT molecular complexity index is 510. The summed E-state index contributed by atoms with van der Waals surface area (Å²) in [4.78, 5) is 4.37. The fourth-order valence-corrected chi connectivity index (χ4v) is 2.12. The summed E-state index contributed by atoms with van der Waals surface area (Å²) in [7, 11) is 1.66. The Balaban J connectivity index is 2.11. The summed E-state index contributed by atoms with van der Waals surface area (Å²) in [5, 5.41) is -0.0653. The van der Waals surface area contributed by atoms with Crippen LogP contribution in [0.1, 0.15) is 22.2 Å². The van der Waals surface area contributed by atoms with Crippen LogP contribution in [0.2, 0.25) is 0 Å². The molecule has 1 unspecified atom stereocenters. The molecule has 0 aliphatic heterocycles. The Morgan fingerprint density at radius 2 is 1.94 bits per heavy atom. The summed E-state index contributed by atoms with van der Waals surface area (Å²) in [6.07, 6.45) is 2.54. The minimum Gasteiger partial charge on any atom is -0.497 e. The second-order valence-electron chi connectivity index (χ2n) is 4.21. The van der Waals surface area contributed by atoms with Crippen molar-refractivity contribution in [2.24, 2.45) is 0 Å². The highest BCUT2D eigenvalue weighted by molar-refractivity contribution is 6.20. The first-order valence-electron chi connectivity index (χ1n) is 5.89. The maximum Gasteiger partial charge on any atom is 0.118 e. The van der Waals surface area contributed by atoms with Gasteiger partial charge in [0.05, 0.1) is 12.5 Å². The number of pyridine rings is 1. The van der Waals surface area contributed by atoms with Gasteiger partial charge in [-0.25, -0.2) is 0 Å². The fourth-order valence-electron chi connectivity index (χ4n) is 1.83. The summed E-state index contributed by atoms with van der Waals surface area (Å²) >= 11 is 6.43. The second-order valence-corrected chi connectivity index (χ2v) is 4.74. The van der Waals surface area contributed by atoms with Crippen LogP contribution < -0.4 is 4.74 Å². The minimum atomic E-state index is -0.0653. The van der Waals surface area contributed by atoms with Crippen molar-refractivity contribution in [1.82, 2.24) is 4.98 Å². The molecule has 0 bridgehead atoms. The van der Waals surface area contributed by atoms with Crippen LogP contribution in [0.15, 0.2) is 42.6 Å². The van der Waals surface area contributed by atoms with Crippen molar-refractivity contribution in [3.8, 4) is 5.75 Å². The van der Waals surface area contributed by atoms with E-state index in [1.54, 1.807) is 13.3 Å². The fraction of sp³-hybridized carbons (Fsp3) is 0.267. The molecule has 2 nitrogen and oxygen atoms in total. The molecule has 0 N–H and O–H groups in total. The Labute approximate surface area is 113 Å². The molecular weight excluding hydrogens is 246 g/mol. The molecular formula is C15H16ClNO. The SMILES string of the molecule is COc1ccc(C(Cl)Cc2ncccc2C)cc1.